The molecule has 0 aliphatic heterocycles. The highest BCUT2D eigenvalue weighted by Gasteiger charge is 2.14. The van der Waals surface area contributed by atoms with Crippen LogP contribution in [0.5, 0.6) is 11.5 Å². The molecule has 0 spiro atoms. The van der Waals surface area contributed by atoms with Gasteiger partial charge < -0.3 is 15.6 Å². The molecule has 2 aromatic rings. The standard InChI is InChI=1S/C12H6Cl3NO3.C5H11NO2/c13-7-5-10(14)12(11(15)6-7)19-9-3-1-8(2-4-9)16(17)18;1-3(2)4(6)5(7)8/h1-6H;3-4H,6H2,1-2H3,(H,7,8)/t;4-/m.0/s1. The van der Waals surface area contributed by atoms with Crippen molar-refractivity contribution in [2.75, 3.05) is 0 Å². The lowest BCUT2D eigenvalue weighted by molar-refractivity contribution is -0.384. The van der Waals surface area contributed by atoms with Crippen molar-refractivity contribution in [3.63, 3.8) is 0 Å². The number of benzene rings is 2. The minimum absolute atomic E-state index is 0.0208. The summed E-state index contributed by atoms with van der Waals surface area (Å²) in [5.41, 5.74) is 5.13. The number of carboxylic acid groups (broad SMARTS) is 1. The number of carbonyl (C=O) groups is 1. The number of nitro groups is 1. The molecule has 0 aromatic heterocycles. The number of carboxylic acids is 1. The van der Waals surface area contributed by atoms with Crippen molar-refractivity contribution >= 4 is 46.5 Å². The molecular formula is C17H17Cl3N2O5. The van der Waals surface area contributed by atoms with Crippen LogP contribution >= 0.6 is 34.8 Å². The smallest absolute Gasteiger partial charge is 0.320 e. The lowest BCUT2D eigenvalue weighted by Gasteiger charge is -2.09. The number of nitrogens with two attached hydrogens (primary N) is 1. The van der Waals surface area contributed by atoms with E-state index in [0.29, 0.717) is 10.8 Å². The Morgan fingerprint density at radius 2 is 1.63 bits per heavy atom. The van der Waals surface area contributed by atoms with Crippen LogP contribution in [0.3, 0.4) is 0 Å². The van der Waals surface area contributed by atoms with Crippen molar-refractivity contribution < 1.29 is 19.6 Å². The molecule has 2 aromatic carbocycles. The van der Waals surface area contributed by atoms with Gasteiger partial charge in [0, 0.05) is 17.2 Å². The lowest BCUT2D eigenvalue weighted by atomic mass is 10.1. The number of halogens is 3. The maximum atomic E-state index is 10.5. The molecule has 2 rings (SSSR count). The van der Waals surface area contributed by atoms with E-state index in [0.717, 1.165) is 0 Å². The molecule has 3 N–H and O–H groups in total. The molecule has 0 aliphatic rings. The highest BCUT2D eigenvalue weighted by molar-refractivity contribution is 6.40. The molecule has 1 atom stereocenters. The fourth-order valence-corrected chi connectivity index (χ4v) is 2.56. The van der Waals surface area contributed by atoms with Crippen LogP contribution < -0.4 is 10.5 Å². The molecule has 0 aliphatic carbocycles. The van der Waals surface area contributed by atoms with Gasteiger partial charge in [-0.05, 0) is 30.2 Å². The van der Waals surface area contributed by atoms with Gasteiger partial charge in [-0.1, -0.05) is 48.7 Å². The predicted molar refractivity (Wildman–Crippen MR) is 105 cm³/mol. The van der Waals surface area contributed by atoms with Gasteiger partial charge in [0.2, 0.25) is 0 Å². The quantitative estimate of drug-likeness (QED) is 0.479. The topological polar surface area (TPSA) is 116 Å². The fourth-order valence-electron chi connectivity index (χ4n) is 1.67. The van der Waals surface area contributed by atoms with Crippen LogP contribution in [-0.2, 0) is 4.79 Å². The summed E-state index contributed by atoms with van der Waals surface area (Å²) in [5.74, 6) is -0.272. The van der Waals surface area contributed by atoms with E-state index in [9.17, 15) is 14.9 Å². The van der Waals surface area contributed by atoms with Crippen LogP contribution in [0.2, 0.25) is 15.1 Å². The van der Waals surface area contributed by atoms with E-state index in [-0.39, 0.29) is 27.4 Å². The van der Waals surface area contributed by atoms with E-state index < -0.39 is 16.9 Å². The first-order valence-electron chi connectivity index (χ1n) is 7.58. The third kappa shape index (κ3) is 7.22. The second-order valence-corrected chi connectivity index (χ2v) is 6.91. The maximum absolute atomic E-state index is 10.5. The van der Waals surface area contributed by atoms with Gasteiger partial charge in [0.05, 0.1) is 15.0 Å². The van der Waals surface area contributed by atoms with Gasteiger partial charge in [-0.3, -0.25) is 14.9 Å². The highest BCUT2D eigenvalue weighted by Crippen LogP contribution is 2.38. The molecule has 0 fully saturated rings. The zero-order chi connectivity index (χ0) is 20.7. The number of aliphatic carboxylic acids is 1. The Labute approximate surface area is 170 Å². The summed E-state index contributed by atoms with van der Waals surface area (Å²) in [6.07, 6.45) is 0. The lowest BCUT2D eigenvalue weighted by Crippen LogP contribution is -2.34. The molecule has 27 heavy (non-hydrogen) atoms. The van der Waals surface area contributed by atoms with Crippen molar-refractivity contribution in [2.24, 2.45) is 11.7 Å². The molecule has 0 bridgehead atoms. The summed E-state index contributed by atoms with van der Waals surface area (Å²) in [6, 6.07) is 7.85. The first kappa shape index (κ1) is 23.0. The van der Waals surface area contributed by atoms with Crippen LogP contribution in [0.15, 0.2) is 36.4 Å². The van der Waals surface area contributed by atoms with Gasteiger partial charge in [0.1, 0.15) is 11.8 Å². The zero-order valence-corrected chi connectivity index (χ0v) is 16.6. The van der Waals surface area contributed by atoms with E-state index in [2.05, 4.69) is 0 Å². The summed E-state index contributed by atoms with van der Waals surface area (Å²) in [5, 5.41) is 19.7. The maximum Gasteiger partial charge on any atom is 0.320 e. The first-order chi connectivity index (χ1) is 12.5. The Balaban J connectivity index is 0.000000387. The van der Waals surface area contributed by atoms with Gasteiger partial charge >= 0.3 is 5.97 Å². The summed E-state index contributed by atoms with van der Waals surface area (Å²) >= 11 is 17.7. The molecular weight excluding hydrogens is 419 g/mol. The molecule has 146 valence electrons. The van der Waals surface area contributed by atoms with Gasteiger partial charge in [0.25, 0.3) is 5.69 Å². The first-order valence-corrected chi connectivity index (χ1v) is 8.71. The van der Waals surface area contributed by atoms with Crippen molar-refractivity contribution in [1.82, 2.24) is 0 Å². The van der Waals surface area contributed by atoms with E-state index in [4.69, 9.17) is 50.4 Å². The van der Waals surface area contributed by atoms with Crippen LogP contribution in [0, 0.1) is 16.0 Å². The van der Waals surface area contributed by atoms with E-state index in [1.54, 1.807) is 13.8 Å². The molecule has 10 heteroatoms. The Hall–Kier alpha value is -2.06. The van der Waals surface area contributed by atoms with Gasteiger partial charge in [-0.2, -0.15) is 0 Å². The minimum Gasteiger partial charge on any atom is -0.480 e. The number of ether oxygens (including phenoxy) is 1. The summed E-state index contributed by atoms with van der Waals surface area (Å²) in [4.78, 5) is 20.0. The molecule has 7 nitrogen and oxygen atoms in total. The highest BCUT2D eigenvalue weighted by atomic mass is 35.5. The van der Waals surface area contributed by atoms with Crippen LogP contribution in [0.4, 0.5) is 5.69 Å². The molecule has 0 radical (unpaired) electrons. The predicted octanol–water partition coefficient (Wildman–Crippen LogP) is 5.40. The second kappa shape index (κ2) is 10.3. The van der Waals surface area contributed by atoms with Gasteiger partial charge in [0.15, 0.2) is 5.75 Å². The Morgan fingerprint density at radius 1 is 1.15 bits per heavy atom. The van der Waals surface area contributed by atoms with Crippen molar-refractivity contribution in [3.05, 3.63) is 61.6 Å². The van der Waals surface area contributed by atoms with E-state index >= 15 is 0 Å². The van der Waals surface area contributed by atoms with Crippen LogP contribution in [0.1, 0.15) is 13.8 Å². The van der Waals surface area contributed by atoms with Gasteiger partial charge in [-0.15, -0.1) is 0 Å². The third-order valence-corrected chi connectivity index (χ3v) is 4.01. The van der Waals surface area contributed by atoms with E-state index in [1.165, 1.54) is 36.4 Å². The third-order valence-electron chi connectivity index (χ3n) is 3.23. The summed E-state index contributed by atoms with van der Waals surface area (Å²) < 4.78 is 5.48. The van der Waals surface area contributed by atoms with Crippen LogP contribution in [-0.4, -0.2) is 22.0 Å². The van der Waals surface area contributed by atoms with Gasteiger partial charge in [-0.25, -0.2) is 0 Å². The number of hydrogen-bond acceptors (Lipinski definition) is 5. The molecule has 0 saturated carbocycles. The normalized spacial score (nSPS) is 11.4. The summed E-state index contributed by atoms with van der Waals surface area (Å²) in [7, 11) is 0. The number of rotatable bonds is 5. The molecule has 0 heterocycles. The Kier molecular flexibility index (Phi) is 8.78. The monoisotopic (exact) mass is 434 g/mol. The fraction of sp³-hybridized carbons (Fsp3) is 0.235. The van der Waals surface area contributed by atoms with Crippen LogP contribution in [0.25, 0.3) is 0 Å². The number of hydrogen-bond donors (Lipinski definition) is 2. The van der Waals surface area contributed by atoms with E-state index in [1.807, 2.05) is 0 Å². The minimum atomic E-state index is -0.931. The number of nitro benzene ring substituents is 1. The second-order valence-electron chi connectivity index (χ2n) is 5.66. The summed E-state index contributed by atoms with van der Waals surface area (Å²) in [6.45, 7) is 3.55. The number of non-ortho nitro benzene ring substituents is 1. The molecule has 0 amide bonds. The van der Waals surface area contributed by atoms with Crippen molar-refractivity contribution in [1.29, 1.82) is 0 Å². The van der Waals surface area contributed by atoms with Crippen molar-refractivity contribution in [2.45, 2.75) is 19.9 Å². The zero-order valence-electron chi connectivity index (χ0n) is 14.4. The largest absolute Gasteiger partial charge is 0.480 e. The number of nitrogens with zero attached hydrogens (tertiary/aromatic N) is 1. The molecule has 0 saturated heterocycles. The average molecular weight is 436 g/mol. The average Bonchev–Trinajstić information content (AvgIpc) is 2.58. The Morgan fingerprint density at radius 3 is 1.96 bits per heavy atom. The van der Waals surface area contributed by atoms with Crippen molar-refractivity contribution in [3.8, 4) is 11.5 Å². The SMILES string of the molecule is CC(C)[C@H](N)C(=O)O.O=[N+]([O-])c1ccc(Oc2c(Cl)cc(Cl)cc2Cl)cc1. The molecule has 0 unspecified atom stereocenters. The Bertz CT molecular complexity index is 790.